The van der Waals surface area contributed by atoms with E-state index in [1.807, 2.05) is 13.0 Å². The van der Waals surface area contributed by atoms with E-state index in [2.05, 4.69) is 31.9 Å². The van der Waals surface area contributed by atoms with E-state index in [4.69, 9.17) is 9.84 Å². The molecule has 4 aromatic carbocycles. The number of carbonyl (C=O) groups is 2. The van der Waals surface area contributed by atoms with Crippen LogP contribution in [-0.4, -0.2) is 17.7 Å². The molecule has 0 saturated heterocycles. The second-order valence-corrected chi connectivity index (χ2v) is 9.92. The minimum Gasteiger partial charge on any atom is -0.508 e. The Morgan fingerprint density at radius 3 is 1.71 bits per heavy atom. The minimum absolute atomic E-state index is 0.0581. The molecule has 0 aliphatic carbocycles. The summed E-state index contributed by atoms with van der Waals surface area (Å²) in [5, 5.41) is 8.96. The van der Waals surface area contributed by atoms with Crippen molar-refractivity contribution >= 4 is 44.4 Å². The Morgan fingerprint density at radius 1 is 0.667 bits per heavy atom. The number of aldehydes is 2. The summed E-state index contributed by atoms with van der Waals surface area (Å²) in [6.07, 6.45) is -4.38. The van der Waals surface area contributed by atoms with Gasteiger partial charge in [-0.25, -0.2) is 22.0 Å². The van der Waals surface area contributed by atoms with Crippen LogP contribution in [0.2, 0.25) is 0 Å². The van der Waals surface area contributed by atoms with Crippen LogP contribution in [0, 0.1) is 36.0 Å². The van der Waals surface area contributed by atoms with E-state index in [1.165, 1.54) is 6.07 Å². The van der Waals surface area contributed by atoms with Gasteiger partial charge in [0.2, 0.25) is 0 Å². The first-order valence-corrected chi connectivity index (χ1v) is 12.7. The van der Waals surface area contributed by atoms with Crippen molar-refractivity contribution in [1.82, 2.24) is 0 Å². The van der Waals surface area contributed by atoms with Crippen molar-refractivity contribution in [3.8, 4) is 17.2 Å². The number of carbonyl (C=O) groups excluding carboxylic acids is 2. The molecule has 4 nitrogen and oxygen atoms in total. The van der Waals surface area contributed by atoms with Gasteiger partial charge < -0.3 is 9.84 Å². The molecule has 1 N–H and O–H groups in total. The number of alkyl halides is 3. The highest BCUT2D eigenvalue weighted by Crippen LogP contribution is 2.36. The lowest BCUT2D eigenvalue weighted by molar-refractivity contribution is -0.137. The monoisotopic (exact) mass is 726 g/mol. The SMILES string of the molecule is Cc1cc(O)cc(Br)c1.O=Cc1cc(F)c(F)cc1F.O=Cc1cc(F)c(Oc2cc(Br)cc(C(F)(F)F)c2)cc1F. The second-order valence-electron chi connectivity index (χ2n) is 8.09. The molecule has 0 amide bonds. The van der Waals surface area contributed by atoms with Crippen LogP contribution in [0.4, 0.5) is 35.1 Å². The zero-order chi connectivity index (χ0) is 31.8. The summed E-state index contributed by atoms with van der Waals surface area (Å²) in [6, 6.07) is 9.98. The fourth-order valence-corrected chi connectivity index (χ4v) is 4.04. The van der Waals surface area contributed by atoms with E-state index in [-0.39, 0.29) is 22.8 Å². The summed E-state index contributed by atoms with van der Waals surface area (Å²) >= 11 is 6.13. The molecule has 0 radical (unpaired) electrons. The van der Waals surface area contributed by atoms with Crippen molar-refractivity contribution in [3.05, 3.63) is 121 Å². The molecule has 222 valence electrons. The molecule has 0 bridgehead atoms. The molecule has 0 atom stereocenters. The first-order chi connectivity index (χ1) is 19.5. The molecule has 14 heteroatoms. The molecule has 0 aliphatic heterocycles. The Bertz CT molecular complexity index is 1540. The van der Waals surface area contributed by atoms with Gasteiger partial charge in [-0.1, -0.05) is 31.9 Å². The third-order valence-corrected chi connectivity index (χ3v) is 5.71. The van der Waals surface area contributed by atoms with Crippen molar-refractivity contribution in [2.45, 2.75) is 13.1 Å². The van der Waals surface area contributed by atoms with Gasteiger partial charge in [0.25, 0.3) is 0 Å². The number of benzene rings is 4. The van der Waals surface area contributed by atoms with Crippen molar-refractivity contribution in [2.24, 2.45) is 0 Å². The smallest absolute Gasteiger partial charge is 0.416 e. The molecular formula is C28H16Br2F8O4. The molecule has 0 spiro atoms. The van der Waals surface area contributed by atoms with Crippen LogP contribution >= 0.6 is 31.9 Å². The molecule has 0 heterocycles. The number of rotatable bonds is 4. The maximum atomic E-state index is 13.7. The Hall–Kier alpha value is -3.78. The minimum atomic E-state index is -4.62. The normalized spacial score (nSPS) is 10.5. The summed E-state index contributed by atoms with van der Waals surface area (Å²) in [5.74, 6) is -6.36. The van der Waals surface area contributed by atoms with Crippen molar-refractivity contribution in [1.29, 1.82) is 0 Å². The lowest BCUT2D eigenvalue weighted by atomic mass is 10.2. The zero-order valence-electron chi connectivity index (χ0n) is 20.9. The molecule has 4 rings (SSSR count). The van der Waals surface area contributed by atoms with Crippen molar-refractivity contribution in [3.63, 3.8) is 0 Å². The highest BCUT2D eigenvalue weighted by molar-refractivity contribution is 9.10. The molecule has 4 aromatic rings. The Labute approximate surface area is 249 Å². The van der Waals surface area contributed by atoms with Crippen LogP contribution in [0.5, 0.6) is 17.2 Å². The summed E-state index contributed by atoms with van der Waals surface area (Å²) in [5.41, 5.74) is -0.955. The molecule has 42 heavy (non-hydrogen) atoms. The lowest BCUT2D eigenvalue weighted by Gasteiger charge is -2.12. The fourth-order valence-electron chi connectivity index (χ4n) is 2.97. The highest BCUT2D eigenvalue weighted by atomic mass is 79.9. The molecule has 0 fully saturated rings. The van der Waals surface area contributed by atoms with Gasteiger partial charge in [0.05, 0.1) is 16.7 Å². The maximum Gasteiger partial charge on any atom is 0.416 e. The molecule has 0 aliphatic rings. The van der Waals surface area contributed by atoms with Gasteiger partial charge in [-0.2, -0.15) is 13.2 Å². The quantitative estimate of drug-likeness (QED) is 0.129. The Balaban J connectivity index is 0.000000255. The van der Waals surface area contributed by atoms with E-state index in [1.54, 1.807) is 12.1 Å². The predicted molar refractivity (Wildman–Crippen MR) is 143 cm³/mol. The number of aromatic hydroxyl groups is 1. The van der Waals surface area contributed by atoms with Crippen LogP contribution in [0.1, 0.15) is 31.8 Å². The van der Waals surface area contributed by atoms with Crippen molar-refractivity contribution < 1.29 is 54.6 Å². The summed E-state index contributed by atoms with van der Waals surface area (Å²) in [7, 11) is 0. The molecular weight excluding hydrogens is 712 g/mol. The average molecular weight is 728 g/mol. The van der Waals surface area contributed by atoms with E-state index in [0.717, 1.165) is 16.1 Å². The summed E-state index contributed by atoms with van der Waals surface area (Å²) in [6.45, 7) is 1.94. The second kappa shape index (κ2) is 14.9. The van der Waals surface area contributed by atoms with Crippen LogP contribution in [0.15, 0.2) is 69.6 Å². The number of hydrogen-bond acceptors (Lipinski definition) is 4. The van der Waals surface area contributed by atoms with Gasteiger partial charge in [0, 0.05) is 21.1 Å². The summed E-state index contributed by atoms with van der Waals surface area (Å²) in [4.78, 5) is 20.4. The van der Waals surface area contributed by atoms with E-state index < -0.39 is 57.7 Å². The van der Waals surface area contributed by atoms with E-state index in [0.29, 0.717) is 36.1 Å². The van der Waals surface area contributed by atoms with Gasteiger partial charge in [0.15, 0.2) is 35.8 Å². The Morgan fingerprint density at radius 2 is 1.19 bits per heavy atom. The van der Waals surface area contributed by atoms with Crippen LogP contribution in [-0.2, 0) is 6.18 Å². The number of ether oxygens (including phenoxy) is 1. The largest absolute Gasteiger partial charge is 0.508 e. The molecule has 0 aromatic heterocycles. The zero-order valence-corrected chi connectivity index (χ0v) is 24.1. The van der Waals surface area contributed by atoms with Gasteiger partial charge >= 0.3 is 6.18 Å². The molecule has 0 saturated carbocycles. The first kappa shape index (κ1) is 34.4. The van der Waals surface area contributed by atoms with Gasteiger partial charge in [-0.3, -0.25) is 9.59 Å². The fraction of sp³-hybridized carbons (Fsp3) is 0.0714. The predicted octanol–water partition coefficient (Wildman–Crippen LogP) is 9.73. The highest BCUT2D eigenvalue weighted by Gasteiger charge is 2.31. The number of aryl methyl sites for hydroxylation is 1. The third kappa shape index (κ3) is 10.2. The van der Waals surface area contributed by atoms with Gasteiger partial charge in [-0.05, 0) is 61.0 Å². The number of halogens is 10. The summed E-state index contributed by atoms with van der Waals surface area (Å²) < 4.78 is 108. The molecule has 0 unspecified atom stereocenters. The van der Waals surface area contributed by atoms with Gasteiger partial charge in [0.1, 0.15) is 23.1 Å². The van der Waals surface area contributed by atoms with Gasteiger partial charge in [-0.15, -0.1) is 0 Å². The standard InChI is InChI=1S/C14H6BrF5O2.C7H7BrO.C7H3F3O/c15-9-2-8(14(18,19)20)3-10(4-9)22-13-5-11(16)7(6-21)1-12(13)17;1-5-2-6(8)4-7(9)3-5;8-5-2-7(10)6(9)1-4(5)3-11/h1-6H;2-4,9H,1H3;1-3H. The lowest BCUT2D eigenvalue weighted by Crippen LogP contribution is -2.05. The Kier molecular flexibility index (Phi) is 12.2. The maximum absolute atomic E-state index is 13.7. The number of phenols is 1. The first-order valence-electron chi connectivity index (χ1n) is 11.1. The topological polar surface area (TPSA) is 63.6 Å². The number of phenolic OH excluding ortho intramolecular Hbond substituents is 1. The van der Waals surface area contributed by atoms with Crippen LogP contribution in [0.3, 0.4) is 0 Å². The van der Waals surface area contributed by atoms with Crippen LogP contribution in [0.25, 0.3) is 0 Å². The van der Waals surface area contributed by atoms with Crippen molar-refractivity contribution in [2.75, 3.05) is 0 Å². The van der Waals surface area contributed by atoms with E-state index in [9.17, 15) is 44.7 Å². The third-order valence-electron chi connectivity index (χ3n) is 4.80. The number of hydrogen-bond donors (Lipinski definition) is 1. The average Bonchev–Trinajstić information content (AvgIpc) is 2.87. The van der Waals surface area contributed by atoms with Crippen LogP contribution < -0.4 is 4.74 Å². The van der Waals surface area contributed by atoms with E-state index >= 15 is 0 Å².